The molecule has 2 atom stereocenters. The van der Waals surface area contributed by atoms with Gasteiger partial charge in [0.05, 0.1) is 0 Å². The van der Waals surface area contributed by atoms with Gasteiger partial charge < -0.3 is 20.4 Å². The maximum atomic E-state index is 3.75. The van der Waals surface area contributed by atoms with Crippen molar-refractivity contribution in [1.29, 1.82) is 0 Å². The Bertz CT molecular complexity index is 371. The van der Waals surface area contributed by atoms with Gasteiger partial charge in [0.25, 0.3) is 0 Å². The molecule has 208 valence electrons. The summed E-state index contributed by atoms with van der Waals surface area (Å²) in [5, 5.41) is 7.49. The molecule has 35 heavy (non-hydrogen) atoms. The van der Waals surface area contributed by atoms with Crippen LogP contribution in [0.4, 0.5) is 0 Å². The summed E-state index contributed by atoms with van der Waals surface area (Å²) in [6.07, 6.45) is 30.3. The molecule has 2 N–H and O–H groups in total. The van der Waals surface area contributed by atoms with Crippen molar-refractivity contribution in [1.82, 2.24) is 20.4 Å². The third-order valence-electron chi connectivity index (χ3n) is 8.31. The van der Waals surface area contributed by atoms with E-state index in [1.54, 1.807) is 0 Å². The minimum absolute atomic E-state index is 1.16. The van der Waals surface area contributed by atoms with Crippen molar-refractivity contribution in [3.63, 3.8) is 0 Å². The van der Waals surface area contributed by atoms with Crippen molar-refractivity contribution in [2.75, 3.05) is 65.4 Å². The van der Waals surface area contributed by atoms with Crippen LogP contribution in [0.25, 0.3) is 0 Å². The lowest BCUT2D eigenvalue weighted by atomic mass is 10.0. The minimum Gasteiger partial charge on any atom is -0.315 e. The monoisotopic (exact) mass is 493 g/mol. The summed E-state index contributed by atoms with van der Waals surface area (Å²) >= 11 is 0. The van der Waals surface area contributed by atoms with Crippen LogP contribution in [0.5, 0.6) is 0 Å². The van der Waals surface area contributed by atoms with Gasteiger partial charge in [0.1, 0.15) is 0 Å². The number of nitrogens with zero attached hydrogens (tertiary/aromatic N) is 2. The lowest BCUT2D eigenvalue weighted by molar-refractivity contribution is 0.243. The first-order valence-corrected chi connectivity index (χ1v) is 16.3. The van der Waals surface area contributed by atoms with Gasteiger partial charge in [-0.15, -0.1) is 0 Å². The Morgan fingerprint density at radius 2 is 0.486 bits per heavy atom. The molecule has 3 saturated heterocycles. The Hall–Kier alpha value is -0.160. The van der Waals surface area contributed by atoms with Crippen molar-refractivity contribution in [3.8, 4) is 0 Å². The van der Waals surface area contributed by atoms with Crippen LogP contribution >= 0.6 is 0 Å². The molecular formula is C31H64N4. The molecule has 3 aliphatic heterocycles. The molecule has 0 aromatic heterocycles. The van der Waals surface area contributed by atoms with E-state index in [1.165, 1.54) is 187 Å². The van der Waals surface area contributed by atoms with E-state index in [2.05, 4.69) is 20.4 Å². The lowest BCUT2D eigenvalue weighted by Gasteiger charge is -2.25. The second-order valence-corrected chi connectivity index (χ2v) is 11.6. The molecule has 0 aliphatic carbocycles. The summed E-state index contributed by atoms with van der Waals surface area (Å²) < 4.78 is 0. The van der Waals surface area contributed by atoms with Gasteiger partial charge in [-0.05, 0) is 65.0 Å². The van der Waals surface area contributed by atoms with E-state index in [-0.39, 0.29) is 0 Å². The largest absolute Gasteiger partial charge is 0.315 e. The first-order valence-electron chi connectivity index (χ1n) is 16.3. The molecule has 3 heterocycles. The topological polar surface area (TPSA) is 30.5 Å². The Morgan fingerprint density at radius 3 is 0.800 bits per heavy atom. The fourth-order valence-electron chi connectivity index (χ4n) is 5.93. The Kier molecular flexibility index (Phi) is 21.5. The third kappa shape index (κ3) is 19.6. The Balaban J connectivity index is 1.71. The van der Waals surface area contributed by atoms with Crippen LogP contribution < -0.4 is 10.6 Å². The van der Waals surface area contributed by atoms with Gasteiger partial charge >= 0.3 is 0 Å². The molecular weight excluding hydrogens is 428 g/mol. The minimum atomic E-state index is 1.16. The van der Waals surface area contributed by atoms with Crippen molar-refractivity contribution in [3.05, 3.63) is 0 Å². The number of fused-ring (bicyclic) bond motifs is 30. The molecule has 2 unspecified atom stereocenters. The van der Waals surface area contributed by atoms with E-state index in [1.807, 2.05) is 0 Å². The maximum Gasteiger partial charge on any atom is 0.0107 e. The zero-order valence-corrected chi connectivity index (χ0v) is 23.8. The fraction of sp³-hybridized carbons (Fsp3) is 1.00. The fourth-order valence-corrected chi connectivity index (χ4v) is 5.93. The summed E-state index contributed by atoms with van der Waals surface area (Å²) in [4.78, 5) is 5.45. The van der Waals surface area contributed by atoms with Crippen LogP contribution in [0.15, 0.2) is 0 Å². The highest BCUT2D eigenvalue weighted by molar-refractivity contribution is 4.66. The molecule has 2 bridgehead atoms. The van der Waals surface area contributed by atoms with Gasteiger partial charge in [0.2, 0.25) is 0 Å². The smallest absolute Gasteiger partial charge is 0.0107 e. The first-order chi connectivity index (χ1) is 17.4. The van der Waals surface area contributed by atoms with E-state index in [0.29, 0.717) is 0 Å². The molecule has 0 spiro atoms. The zero-order chi connectivity index (χ0) is 24.5. The average Bonchev–Trinajstić information content (AvgIpc) is 2.87. The van der Waals surface area contributed by atoms with Crippen LogP contribution in [0.2, 0.25) is 0 Å². The molecule has 0 radical (unpaired) electrons. The second-order valence-electron chi connectivity index (χ2n) is 11.6. The summed E-state index contributed by atoms with van der Waals surface area (Å²) in [7, 11) is 0. The van der Waals surface area contributed by atoms with Gasteiger partial charge in [-0.3, -0.25) is 0 Å². The Morgan fingerprint density at radius 1 is 0.229 bits per heavy atom. The van der Waals surface area contributed by atoms with Gasteiger partial charge in [0, 0.05) is 26.2 Å². The molecule has 0 saturated carbocycles. The van der Waals surface area contributed by atoms with E-state index in [4.69, 9.17) is 0 Å². The molecule has 4 nitrogen and oxygen atoms in total. The second kappa shape index (κ2) is 24.2. The third-order valence-corrected chi connectivity index (χ3v) is 8.31. The molecule has 0 aromatic carbocycles. The van der Waals surface area contributed by atoms with Gasteiger partial charge in [-0.2, -0.15) is 0 Å². The normalized spacial score (nSPS) is 28.8. The zero-order valence-electron chi connectivity index (χ0n) is 23.8. The predicted molar refractivity (Wildman–Crippen MR) is 156 cm³/mol. The van der Waals surface area contributed by atoms with Crippen molar-refractivity contribution in [2.45, 2.75) is 135 Å². The lowest BCUT2D eigenvalue weighted by Crippen LogP contribution is -2.38. The van der Waals surface area contributed by atoms with Crippen LogP contribution in [0.3, 0.4) is 0 Å². The molecule has 3 fully saturated rings. The number of rotatable bonds is 0. The van der Waals surface area contributed by atoms with Gasteiger partial charge in [-0.25, -0.2) is 0 Å². The highest BCUT2D eigenvalue weighted by atomic mass is 15.2. The van der Waals surface area contributed by atoms with E-state index < -0.39 is 0 Å². The van der Waals surface area contributed by atoms with Crippen LogP contribution in [0.1, 0.15) is 135 Å². The number of hydrogen-bond acceptors (Lipinski definition) is 4. The van der Waals surface area contributed by atoms with Crippen molar-refractivity contribution >= 4 is 0 Å². The van der Waals surface area contributed by atoms with E-state index in [9.17, 15) is 0 Å². The molecule has 0 amide bonds. The summed E-state index contributed by atoms with van der Waals surface area (Å²) in [6, 6.07) is 0. The SMILES string of the molecule is C1CCCCCCCCCCN2CCCNCCN(CCCCCCCCCC1)CCCNCC2. The highest BCUT2D eigenvalue weighted by Crippen LogP contribution is 2.15. The quantitative estimate of drug-likeness (QED) is 0.381. The molecule has 3 rings (SSSR count). The van der Waals surface area contributed by atoms with E-state index >= 15 is 0 Å². The molecule has 0 aromatic rings. The van der Waals surface area contributed by atoms with E-state index in [0.717, 1.165) is 13.1 Å². The Labute approximate surface area is 220 Å². The van der Waals surface area contributed by atoms with Crippen LogP contribution in [0, 0.1) is 0 Å². The summed E-state index contributed by atoms with van der Waals surface area (Å²) in [6.45, 7) is 12.3. The predicted octanol–water partition coefficient (Wildman–Crippen LogP) is 6.99. The highest BCUT2D eigenvalue weighted by Gasteiger charge is 2.08. The van der Waals surface area contributed by atoms with Crippen LogP contribution in [-0.4, -0.2) is 75.2 Å². The standard InChI is InChI=1S/C31H64N4/c1-2-4-6-8-10-12-14-16-18-26-34-28-20-22-33-25-31-35(29-21-23-32-24-30-34)27-19-17-15-13-11-9-7-5-3-1/h32-33H,1-31H2. The first kappa shape index (κ1) is 31.1. The molecule has 4 heteroatoms. The van der Waals surface area contributed by atoms with Gasteiger partial charge in [0.15, 0.2) is 0 Å². The summed E-state index contributed by atoms with van der Waals surface area (Å²) in [5.41, 5.74) is 0. The summed E-state index contributed by atoms with van der Waals surface area (Å²) in [5.74, 6) is 0. The maximum absolute atomic E-state index is 3.75. The van der Waals surface area contributed by atoms with Crippen molar-refractivity contribution < 1.29 is 0 Å². The molecule has 3 aliphatic rings. The number of hydrogen-bond donors (Lipinski definition) is 2. The van der Waals surface area contributed by atoms with Crippen LogP contribution in [-0.2, 0) is 0 Å². The number of nitrogens with one attached hydrogen (secondary N) is 2. The van der Waals surface area contributed by atoms with Gasteiger partial charge in [-0.1, -0.05) is 109 Å². The average molecular weight is 493 g/mol. The van der Waals surface area contributed by atoms with Crippen molar-refractivity contribution in [2.24, 2.45) is 0 Å².